The average Bonchev–Trinajstić information content (AvgIpc) is 2.46. The normalized spacial score (nSPS) is 10.8. The van der Waals surface area contributed by atoms with Crippen LogP contribution < -0.4 is 10.1 Å². The summed E-state index contributed by atoms with van der Waals surface area (Å²) in [5.74, 6) is 0.948. The summed E-state index contributed by atoms with van der Waals surface area (Å²) < 4.78 is 5.71. The summed E-state index contributed by atoms with van der Waals surface area (Å²) in [7, 11) is 0. The minimum atomic E-state index is 0.495. The Balaban J connectivity index is 2.26. The first-order chi connectivity index (χ1) is 9.70. The van der Waals surface area contributed by atoms with E-state index in [9.17, 15) is 0 Å². The second-order valence-corrected chi connectivity index (χ2v) is 5.17. The van der Waals surface area contributed by atoms with E-state index in [4.69, 9.17) is 4.74 Å². The Morgan fingerprint density at radius 1 is 1.05 bits per heavy atom. The summed E-state index contributed by atoms with van der Waals surface area (Å²) in [6, 6.07) is 17.3. The van der Waals surface area contributed by atoms with Crippen molar-refractivity contribution in [1.82, 2.24) is 5.32 Å². The van der Waals surface area contributed by atoms with Crippen LogP contribution in [0.15, 0.2) is 48.5 Å². The number of para-hydroxylation sites is 1. The van der Waals surface area contributed by atoms with Crippen molar-refractivity contribution in [3.8, 4) is 16.9 Å². The zero-order valence-corrected chi connectivity index (χ0v) is 12.5. The molecule has 0 atom stereocenters. The molecule has 0 spiro atoms. The van der Waals surface area contributed by atoms with E-state index in [0.29, 0.717) is 12.6 Å². The molecule has 20 heavy (non-hydrogen) atoms. The molecule has 1 N–H and O–H groups in total. The third kappa shape index (κ3) is 3.84. The van der Waals surface area contributed by atoms with E-state index < -0.39 is 0 Å². The van der Waals surface area contributed by atoms with Crippen molar-refractivity contribution in [3.63, 3.8) is 0 Å². The van der Waals surface area contributed by atoms with Gasteiger partial charge in [0.1, 0.15) is 5.75 Å². The highest BCUT2D eigenvalue weighted by Crippen LogP contribution is 2.30. The Kier molecular flexibility index (Phi) is 5.19. The van der Waals surface area contributed by atoms with E-state index in [-0.39, 0.29) is 0 Å². The number of rotatable bonds is 6. The van der Waals surface area contributed by atoms with Crippen LogP contribution in [0, 0.1) is 0 Å². The molecular weight excluding hydrogens is 246 g/mol. The van der Waals surface area contributed by atoms with Crippen molar-refractivity contribution in [3.05, 3.63) is 54.1 Å². The lowest BCUT2D eigenvalue weighted by Crippen LogP contribution is -2.21. The zero-order chi connectivity index (χ0) is 14.4. The van der Waals surface area contributed by atoms with Gasteiger partial charge in [-0.05, 0) is 30.2 Å². The van der Waals surface area contributed by atoms with Gasteiger partial charge in [0.25, 0.3) is 0 Å². The Morgan fingerprint density at radius 3 is 2.60 bits per heavy atom. The van der Waals surface area contributed by atoms with Crippen molar-refractivity contribution in [2.45, 2.75) is 33.4 Å². The van der Waals surface area contributed by atoms with Crippen LogP contribution in [0.2, 0.25) is 0 Å². The van der Waals surface area contributed by atoms with Gasteiger partial charge >= 0.3 is 0 Å². The van der Waals surface area contributed by atoms with Gasteiger partial charge in [0.05, 0.1) is 6.61 Å². The van der Waals surface area contributed by atoms with Crippen LogP contribution in [0.25, 0.3) is 11.1 Å². The molecule has 2 heteroatoms. The van der Waals surface area contributed by atoms with Crippen LogP contribution in [0.1, 0.15) is 26.3 Å². The zero-order valence-electron chi connectivity index (χ0n) is 12.5. The Bertz CT molecular complexity index is 549. The minimum absolute atomic E-state index is 0.495. The quantitative estimate of drug-likeness (QED) is 0.846. The molecule has 106 valence electrons. The van der Waals surface area contributed by atoms with Gasteiger partial charge in [0.15, 0.2) is 0 Å². The molecule has 0 saturated heterocycles. The molecule has 0 aliphatic heterocycles. The number of nitrogens with one attached hydrogen (secondary N) is 1. The maximum atomic E-state index is 5.71. The van der Waals surface area contributed by atoms with Gasteiger partial charge in [-0.1, -0.05) is 50.2 Å². The fourth-order valence-electron chi connectivity index (χ4n) is 2.16. The second kappa shape index (κ2) is 7.11. The number of benzene rings is 2. The van der Waals surface area contributed by atoms with Crippen molar-refractivity contribution in [2.75, 3.05) is 6.61 Å². The number of ether oxygens (including phenoxy) is 1. The lowest BCUT2D eigenvalue weighted by atomic mass is 10.0. The topological polar surface area (TPSA) is 21.3 Å². The number of hydrogen-bond donors (Lipinski definition) is 1. The van der Waals surface area contributed by atoms with Gasteiger partial charge in [-0.25, -0.2) is 0 Å². The summed E-state index contributed by atoms with van der Waals surface area (Å²) in [5.41, 5.74) is 3.65. The molecule has 0 aromatic heterocycles. The van der Waals surface area contributed by atoms with Crippen LogP contribution in [0.5, 0.6) is 5.75 Å². The first-order valence-corrected chi connectivity index (χ1v) is 7.25. The summed E-state index contributed by atoms with van der Waals surface area (Å²) in [6.07, 6.45) is 0. The van der Waals surface area contributed by atoms with Crippen molar-refractivity contribution in [2.24, 2.45) is 0 Å². The largest absolute Gasteiger partial charge is 0.493 e. The summed E-state index contributed by atoms with van der Waals surface area (Å²) in [5, 5.41) is 3.45. The van der Waals surface area contributed by atoms with Gasteiger partial charge < -0.3 is 10.1 Å². The summed E-state index contributed by atoms with van der Waals surface area (Å²) >= 11 is 0. The molecule has 0 radical (unpaired) electrons. The first kappa shape index (κ1) is 14.6. The predicted octanol–water partition coefficient (Wildman–Crippen LogP) is 4.25. The molecule has 0 unspecified atom stereocenters. The maximum absolute atomic E-state index is 5.71. The van der Waals surface area contributed by atoms with Crippen LogP contribution >= 0.6 is 0 Å². The molecular formula is C18H23NO. The maximum Gasteiger partial charge on any atom is 0.127 e. The molecule has 2 aromatic rings. The van der Waals surface area contributed by atoms with Gasteiger partial charge in [-0.3, -0.25) is 0 Å². The van der Waals surface area contributed by atoms with Crippen molar-refractivity contribution in [1.29, 1.82) is 0 Å². The van der Waals surface area contributed by atoms with E-state index >= 15 is 0 Å². The summed E-state index contributed by atoms with van der Waals surface area (Å²) in [6.45, 7) is 7.91. The molecule has 0 bridgehead atoms. The molecule has 0 amide bonds. The lowest BCUT2D eigenvalue weighted by molar-refractivity contribution is 0.341. The van der Waals surface area contributed by atoms with Crippen LogP contribution in [-0.2, 0) is 6.54 Å². The molecule has 0 heterocycles. The molecule has 2 aromatic carbocycles. The van der Waals surface area contributed by atoms with E-state index in [1.807, 2.05) is 19.1 Å². The van der Waals surface area contributed by atoms with E-state index in [1.54, 1.807) is 0 Å². The third-order valence-electron chi connectivity index (χ3n) is 3.14. The van der Waals surface area contributed by atoms with Crippen LogP contribution in [0.4, 0.5) is 0 Å². The highest BCUT2D eigenvalue weighted by Gasteiger charge is 2.06. The van der Waals surface area contributed by atoms with Gasteiger partial charge in [0, 0.05) is 18.2 Å². The fourth-order valence-corrected chi connectivity index (χ4v) is 2.16. The summed E-state index contributed by atoms with van der Waals surface area (Å²) in [4.78, 5) is 0. The molecule has 0 aliphatic rings. The van der Waals surface area contributed by atoms with Crippen molar-refractivity contribution >= 4 is 0 Å². The highest BCUT2D eigenvalue weighted by molar-refractivity contribution is 5.70. The fraction of sp³-hybridized carbons (Fsp3) is 0.333. The monoisotopic (exact) mass is 269 g/mol. The molecule has 2 rings (SSSR count). The molecule has 0 fully saturated rings. The van der Waals surface area contributed by atoms with Crippen LogP contribution in [-0.4, -0.2) is 12.6 Å². The van der Waals surface area contributed by atoms with Gasteiger partial charge in [0.2, 0.25) is 0 Å². The van der Waals surface area contributed by atoms with Gasteiger partial charge in [-0.15, -0.1) is 0 Å². The highest BCUT2D eigenvalue weighted by atomic mass is 16.5. The smallest absolute Gasteiger partial charge is 0.127 e. The molecule has 0 aliphatic carbocycles. The van der Waals surface area contributed by atoms with E-state index in [1.165, 1.54) is 11.1 Å². The molecule has 2 nitrogen and oxygen atoms in total. The predicted molar refractivity (Wildman–Crippen MR) is 85.0 cm³/mol. The van der Waals surface area contributed by atoms with Crippen LogP contribution in [0.3, 0.4) is 0 Å². The SMILES string of the molecule is CCOc1ccccc1-c1cccc(CNC(C)C)c1. The van der Waals surface area contributed by atoms with E-state index in [2.05, 4.69) is 55.6 Å². The standard InChI is InChI=1S/C18H23NO/c1-4-20-18-11-6-5-10-17(18)16-9-7-8-15(12-16)13-19-14(2)3/h5-12,14,19H,4,13H2,1-3H3. The Hall–Kier alpha value is -1.80. The van der Waals surface area contributed by atoms with Gasteiger partial charge in [-0.2, -0.15) is 0 Å². The second-order valence-electron chi connectivity index (χ2n) is 5.17. The van der Waals surface area contributed by atoms with E-state index in [0.717, 1.165) is 17.9 Å². The van der Waals surface area contributed by atoms with Crippen molar-refractivity contribution < 1.29 is 4.74 Å². The number of hydrogen-bond acceptors (Lipinski definition) is 2. The minimum Gasteiger partial charge on any atom is -0.493 e. The third-order valence-corrected chi connectivity index (χ3v) is 3.14. The Morgan fingerprint density at radius 2 is 1.85 bits per heavy atom. The Labute approximate surface area is 121 Å². The average molecular weight is 269 g/mol. The lowest BCUT2D eigenvalue weighted by Gasteiger charge is -2.12. The first-order valence-electron chi connectivity index (χ1n) is 7.25. The molecule has 0 saturated carbocycles.